The van der Waals surface area contributed by atoms with Crippen molar-refractivity contribution in [1.29, 1.82) is 0 Å². The fourth-order valence-corrected chi connectivity index (χ4v) is 4.50. The van der Waals surface area contributed by atoms with Gasteiger partial charge in [-0.05, 0) is 31.2 Å². The maximum absolute atomic E-state index is 12.6. The van der Waals surface area contributed by atoms with Crippen LogP contribution < -0.4 is 24.4 Å². The average molecular weight is 468 g/mol. The first-order valence-corrected chi connectivity index (χ1v) is 11.3. The van der Waals surface area contributed by atoms with Crippen LogP contribution in [0.2, 0.25) is 0 Å². The maximum Gasteiger partial charge on any atom is 0.265 e. The second kappa shape index (κ2) is 8.66. The summed E-state index contributed by atoms with van der Waals surface area (Å²) in [6.07, 6.45) is 0. The van der Waals surface area contributed by atoms with E-state index in [4.69, 9.17) is 14.2 Å². The van der Waals surface area contributed by atoms with Crippen LogP contribution in [0.3, 0.4) is 0 Å². The Labute approximate surface area is 193 Å². The second-order valence-electron chi connectivity index (χ2n) is 7.50. The molecule has 0 aliphatic carbocycles. The van der Waals surface area contributed by atoms with E-state index in [1.54, 1.807) is 27.7 Å². The summed E-state index contributed by atoms with van der Waals surface area (Å²) in [4.78, 5) is 26.7. The lowest BCUT2D eigenvalue weighted by Gasteiger charge is -2.33. The molecule has 2 aromatic carbocycles. The van der Waals surface area contributed by atoms with Gasteiger partial charge in [-0.1, -0.05) is 23.9 Å². The zero-order chi connectivity index (χ0) is 22.9. The van der Waals surface area contributed by atoms with Crippen molar-refractivity contribution in [1.82, 2.24) is 14.8 Å². The summed E-state index contributed by atoms with van der Waals surface area (Å²) in [6, 6.07) is 12.3. The third-order valence-electron chi connectivity index (χ3n) is 5.36. The fraction of sp³-hybridized carbons (Fsp3) is 0.273. The molecule has 2 amide bonds. The van der Waals surface area contributed by atoms with Crippen molar-refractivity contribution in [2.24, 2.45) is 7.05 Å². The van der Waals surface area contributed by atoms with Crippen LogP contribution in [0.5, 0.6) is 17.2 Å². The summed E-state index contributed by atoms with van der Waals surface area (Å²) in [5.41, 5.74) is 1.32. The molecule has 0 unspecified atom stereocenters. The van der Waals surface area contributed by atoms with Crippen LogP contribution in [0.4, 0.5) is 11.4 Å². The summed E-state index contributed by atoms with van der Waals surface area (Å²) in [5, 5.41) is 11.9. The Morgan fingerprint density at radius 3 is 2.82 bits per heavy atom. The van der Waals surface area contributed by atoms with Gasteiger partial charge in [-0.3, -0.25) is 14.5 Å². The summed E-state index contributed by atoms with van der Waals surface area (Å²) in [7, 11) is 1.82. The van der Waals surface area contributed by atoms with E-state index in [0.717, 1.165) is 0 Å². The molecule has 5 rings (SSSR count). The van der Waals surface area contributed by atoms with Crippen molar-refractivity contribution in [3.63, 3.8) is 0 Å². The Balaban J connectivity index is 1.26. The topological polar surface area (TPSA) is 108 Å². The zero-order valence-corrected chi connectivity index (χ0v) is 18.8. The van der Waals surface area contributed by atoms with Crippen LogP contribution in [0.25, 0.3) is 0 Å². The summed E-state index contributed by atoms with van der Waals surface area (Å²) in [6.45, 7) is 2.04. The van der Waals surface area contributed by atoms with Crippen molar-refractivity contribution in [3.8, 4) is 17.2 Å². The highest BCUT2D eigenvalue weighted by Crippen LogP contribution is 2.37. The number of amides is 2. The number of para-hydroxylation sites is 2. The zero-order valence-electron chi connectivity index (χ0n) is 18.0. The highest BCUT2D eigenvalue weighted by atomic mass is 32.2. The van der Waals surface area contributed by atoms with Gasteiger partial charge in [-0.2, -0.15) is 0 Å². The number of fused-ring (bicyclic) bond motifs is 2. The van der Waals surface area contributed by atoms with E-state index in [-0.39, 0.29) is 37.0 Å². The molecule has 2 aliphatic heterocycles. The van der Waals surface area contributed by atoms with E-state index in [1.165, 1.54) is 11.8 Å². The minimum atomic E-state index is -0.364. The Bertz CT molecular complexity index is 1230. The fourth-order valence-electron chi connectivity index (χ4n) is 3.78. The molecule has 3 aromatic rings. The summed E-state index contributed by atoms with van der Waals surface area (Å²) < 4.78 is 17.9. The Kier molecular flexibility index (Phi) is 5.55. The molecule has 11 heteroatoms. The number of aromatic nitrogens is 3. The van der Waals surface area contributed by atoms with Gasteiger partial charge >= 0.3 is 0 Å². The number of nitrogens with one attached hydrogen (secondary N) is 1. The van der Waals surface area contributed by atoms with Gasteiger partial charge in [0.1, 0.15) is 5.75 Å². The lowest BCUT2D eigenvalue weighted by Crippen LogP contribution is -2.41. The van der Waals surface area contributed by atoms with Gasteiger partial charge < -0.3 is 24.1 Å². The predicted molar refractivity (Wildman–Crippen MR) is 121 cm³/mol. The number of benzene rings is 2. The van der Waals surface area contributed by atoms with Crippen LogP contribution in [0.1, 0.15) is 18.8 Å². The minimum absolute atomic E-state index is 0.0269. The van der Waals surface area contributed by atoms with E-state index >= 15 is 0 Å². The van der Waals surface area contributed by atoms with E-state index in [0.29, 0.717) is 39.6 Å². The first-order chi connectivity index (χ1) is 16.0. The number of carbonyl (C=O) groups excluding carboxylic acids is 2. The molecule has 1 aromatic heterocycles. The van der Waals surface area contributed by atoms with Gasteiger partial charge in [-0.15, -0.1) is 10.2 Å². The molecule has 0 saturated heterocycles. The Morgan fingerprint density at radius 1 is 1.12 bits per heavy atom. The van der Waals surface area contributed by atoms with Crippen molar-refractivity contribution in [2.75, 3.05) is 29.4 Å². The van der Waals surface area contributed by atoms with Gasteiger partial charge in [0, 0.05) is 18.8 Å². The third-order valence-corrected chi connectivity index (χ3v) is 6.38. The molecule has 0 spiro atoms. The molecule has 2 aliphatic rings. The van der Waals surface area contributed by atoms with E-state index in [1.807, 2.05) is 38.2 Å². The van der Waals surface area contributed by atoms with Gasteiger partial charge in [0.15, 0.2) is 29.1 Å². The predicted octanol–water partition coefficient (Wildman–Crippen LogP) is 2.76. The molecule has 170 valence electrons. The molecule has 33 heavy (non-hydrogen) atoms. The molecular weight excluding hydrogens is 446 g/mol. The van der Waals surface area contributed by atoms with Crippen LogP contribution in [0, 0.1) is 0 Å². The van der Waals surface area contributed by atoms with Crippen LogP contribution in [0.15, 0.2) is 47.6 Å². The third kappa shape index (κ3) is 4.07. The maximum atomic E-state index is 12.6. The lowest BCUT2D eigenvalue weighted by atomic mass is 10.1. The van der Waals surface area contributed by atoms with Gasteiger partial charge in [0.05, 0.1) is 17.5 Å². The summed E-state index contributed by atoms with van der Waals surface area (Å²) in [5.74, 6) is 2.33. The van der Waals surface area contributed by atoms with E-state index < -0.39 is 0 Å². The Hall–Kier alpha value is -3.73. The quantitative estimate of drug-likeness (QED) is 0.552. The first-order valence-electron chi connectivity index (χ1n) is 10.3. The van der Waals surface area contributed by atoms with Crippen LogP contribution in [-0.4, -0.2) is 45.7 Å². The van der Waals surface area contributed by atoms with Gasteiger partial charge in [0.2, 0.25) is 12.7 Å². The highest BCUT2D eigenvalue weighted by Gasteiger charge is 2.32. The van der Waals surface area contributed by atoms with Gasteiger partial charge in [-0.25, -0.2) is 0 Å². The van der Waals surface area contributed by atoms with Crippen molar-refractivity contribution in [3.05, 3.63) is 48.3 Å². The molecule has 1 atom stereocenters. The van der Waals surface area contributed by atoms with Crippen molar-refractivity contribution in [2.45, 2.75) is 18.1 Å². The molecular formula is C22H21N5O5S. The average Bonchev–Trinajstić information content (AvgIpc) is 3.43. The molecule has 3 heterocycles. The number of rotatable bonds is 6. The molecule has 0 fully saturated rings. The van der Waals surface area contributed by atoms with Crippen molar-refractivity contribution >= 4 is 35.0 Å². The highest BCUT2D eigenvalue weighted by molar-refractivity contribution is 7.99. The van der Waals surface area contributed by atoms with Crippen LogP contribution >= 0.6 is 11.8 Å². The number of anilines is 2. The number of ether oxygens (including phenoxy) is 3. The number of thioether (sulfide) groups is 1. The normalized spacial score (nSPS) is 15.1. The summed E-state index contributed by atoms with van der Waals surface area (Å²) >= 11 is 1.26. The number of nitrogens with zero attached hydrogens (tertiary/aromatic N) is 4. The second-order valence-corrected chi connectivity index (χ2v) is 8.44. The smallest absolute Gasteiger partial charge is 0.265 e. The van der Waals surface area contributed by atoms with Gasteiger partial charge in [0.25, 0.3) is 5.91 Å². The van der Waals surface area contributed by atoms with Crippen molar-refractivity contribution < 1.29 is 23.8 Å². The minimum Gasteiger partial charge on any atom is -0.482 e. The molecule has 10 nitrogen and oxygen atoms in total. The van der Waals surface area contributed by atoms with Crippen LogP contribution in [-0.2, 0) is 16.6 Å². The number of carbonyl (C=O) groups is 2. The molecule has 1 N–H and O–H groups in total. The number of hydrogen-bond acceptors (Lipinski definition) is 8. The standard InChI is InChI=1S/C22H21N5O5S/c1-13(27-15-5-3-4-6-16(15)30-10-20(27)29)21-24-25-22(26(21)2)33-11-19(28)23-14-7-8-17-18(9-14)32-12-31-17/h3-9,13H,10-12H2,1-2H3,(H,23,28)/t13-/m0/s1. The number of hydrogen-bond donors (Lipinski definition) is 1. The van der Waals surface area contributed by atoms with E-state index in [2.05, 4.69) is 15.5 Å². The molecule has 0 bridgehead atoms. The molecule has 0 saturated carbocycles. The van der Waals surface area contributed by atoms with E-state index in [9.17, 15) is 9.59 Å². The largest absolute Gasteiger partial charge is 0.482 e. The molecule has 0 radical (unpaired) electrons. The lowest BCUT2D eigenvalue weighted by molar-refractivity contribution is -0.121. The Morgan fingerprint density at radius 2 is 1.94 bits per heavy atom. The monoisotopic (exact) mass is 467 g/mol. The SMILES string of the molecule is C[C@@H](c1nnc(SCC(=O)Nc2ccc3c(c2)OCO3)n1C)N1C(=O)COc2ccccc21. The first kappa shape index (κ1) is 21.1.